The zero-order chi connectivity index (χ0) is 10.3. The lowest BCUT2D eigenvalue weighted by molar-refractivity contribution is 0.0998. The number of fused-ring (bicyclic) bond motifs is 1. The molecule has 0 saturated carbocycles. The van der Waals surface area contributed by atoms with Crippen LogP contribution in [-0.2, 0) is 16.4 Å². The summed E-state index contributed by atoms with van der Waals surface area (Å²) in [7, 11) is -3.77. The number of rotatable bonds is 1. The van der Waals surface area contributed by atoms with Crippen LogP contribution in [0.25, 0.3) is 0 Å². The fourth-order valence-electron chi connectivity index (χ4n) is 1.67. The minimum absolute atomic E-state index is 0.202. The molecule has 1 aromatic carbocycles. The van der Waals surface area contributed by atoms with Gasteiger partial charge in [-0.3, -0.25) is 4.79 Å². The van der Waals surface area contributed by atoms with E-state index in [9.17, 15) is 13.2 Å². The van der Waals surface area contributed by atoms with Crippen LogP contribution in [0.15, 0.2) is 24.3 Å². The maximum absolute atomic E-state index is 11.6. The number of hydrogen-bond donors (Lipinski definition) is 1. The van der Waals surface area contributed by atoms with Crippen molar-refractivity contribution in [2.24, 2.45) is 5.14 Å². The van der Waals surface area contributed by atoms with Gasteiger partial charge in [0.2, 0.25) is 10.0 Å². The van der Waals surface area contributed by atoms with Crippen molar-refractivity contribution >= 4 is 15.8 Å². The van der Waals surface area contributed by atoms with Crippen LogP contribution in [0, 0.1) is 0 Å². The summed E-state index contributed by atoms with van der Waals surface area (Å²) in [4.78, 5) is 11.6. The molecule has 74 valence electrons. The summed E-state index contributed by atoms with van der Waals surface area (Å²) < 4.78 is 22.1. The van der Waals surface area contributed by atoms with Gasteiger partial charge in [-0.1, -0.05) is 24.3 Å². The van der Waals surface area contributed by atoms with Crippen molar-refractivity contribution in [2.45, 2.75) is 11.7 Å². The highest BCUT2D eigenvalue weighted by Crippen LogP contribution is 2.24. The molecule has 0 heterocycles. The van der Waals surface area contributed by atoms with Crippen LogP contribution in [0.5, 0.6) is 0 Å². The summed E-state index contributed by atoms with van der Waals surface area (Å²) in [5.74, 6) is -0.386. The molecule has 0 aromatic heterocycles. The first kappa shape index (κ1) is 9.36. The molecule has 0 radical (unpaired) electrons. The molecule has 0 bridgehead atoms. The Morgan fingerprint density at radius 3 is 2.50 bits per heavy atom. The molecule has 2 N–H and O–H groups in total. The van der Waals surface area contributed by atoms with E-state index in [0.717, 1.165) is 5.56 Å². The molecule has 0 saturated heterocycles. The van der Waals surface area contributed by atoms with E-state index in [1.807, 2.05) is 0 Å². The van der Waals surface area contributed by atoms with Crippen LogP contribution >= 0.6 is 0 Å². The van der Waals surface area contributed by atoms with Gasteiger partial charge in [0.25, 0.3) is 0 Å². The quantitative estimate of drug-likeness (QED) is 0.714. The summed E-state index contributed by atoms with van der Waals surface area (Å²) in [5.41, 5.74) is 1.24. The predicted octanol–water partition coefficient (Wildman–Crippen LogP) is 0.0825. The lowest BCUT2D eigenvalue weighted by Gasteiger charge is -2.02. The summed E-state index contributed by atoms with van der Waals surface area (Å²) in [6.07, 6.45) is 0.202. The number of Topliss-reactive ketones (excluding diaryl/α,β-unsaturated/α-hetero) is 1. The van der Waals surface area contributed by atoms with E-state index in [1.54, 1.807) is 24.3 Å². The Kier molecular flexibility index (Phi) is 1.94. The Bertz CT molecular complexity index is 493. The molecule has 1 aromatic rings. The highest BCUT2D eigenvalue weighted by atomic mass is 32.2. The Balaban J connectivity index is 2.50. The minimum atomic E-state index is -3.77. The molecule has 0 amide bonds. The van der Waals surface area contributed by atoms with Gasteiger partial charge < -0.3 is 0 Å². The highest BCUT2D eigenvalue weighted by molar-refractivity contribution is 7.90. The average Bonchev–Trinajstić information content (AvgIpc) is 2.44. The van der Waals surface area contributed by atoms with Gasteiger partial charge in [0.1, 0.15) is 5.25 Å². The van der Waals surface area contributed by atoms with Gasteiger partial charge in [0, 0.05) is 5.56 Å². The number of carbonyl (C=O) groups excluding carboxylic acids is 1. The van der Waals surface area contributed by atoms with E-state index in [2.05, 4.69) is 0 Å². The first-order chi connectivity index (χ1) is 6.50. The standard InChI is InChI=1S/C9H9NO3S/c10-14(12,13)8-5-6-3-1-2-4-7(6)9(8)11/h1-4,8H,5H2,(H2,10,12,13). The van der Waals surface area contributed by atoms with E-state index in [-0.39, 0.29) is 12.2 Å². The maximum atomic E-state index is 11.6. The molecule has 2 rings (SSSR count). The second-order valence-corrected chi connectivity index (χ2v) is 5.05. The van der Waals surface area contributed by atoms with Gasteiger partial charge in [-0.05, 0) is 12.0 Å². The zero-order valence-corrected chi connectivity index (χ0v) is 8.12. The number of sulfonamides is 1. The van der Waals surface area contributed by atoms with Gasteiger partial charge in [-0.2, -0.15) is 0 Å². The molecule has 0 aliphatic heterocycles. The number of ketones is 1. The minimum Gasteiger partial charge on any atom is -0.293 e. The van der Waals surface area contributed by atoms with E-state index >= 15 is 0 Å². The SMILES string of the molecule is NS(=O)(=O)C1Cc2ccccc2C1=O. The van der Waals surface area contributed by atoms with Crippen molar-refractivity contribution in [3.63, 3.8) is 0 Å². The molecule has 1 aliphatic rings. The summed E-state index contributed by atoms with van der Waals surface area (Å²) >= 11 is 0. The molecule has 1 aliphatic carbocycles. The molecule has 1 atom stereocenters. The van der Waals surface area contributed by atoms with Gasteiger partial charge >= 0.3 is 0 Å². The Labute approximate surface area is 81.8 Å². The molecule has 0 fully saturated rings. The molecule has 0 spiro atoms. The van der Waals surface area contributed by atoms with E-state index < -0.39 is 15.3 Å². The second kappa shape index (κ2) is 2.90. The van der Waals surface area contributed by atoms with E-state index in [4.69, 9.17) is 5.14 Å². The maximum Gasteiger partial charge on any atom is 0.219 e. The third kappa shape index (κ3) is 1.34. The van der Waals surface area contributed by atoms with Gasteiger partial charge in [-0.25, -0.2) is 13.6 Å². The van der Waals surface area contributed by atoms with Crippen molar-refractivity contribution in [2.75, 3.05) is 0 Å². The van der Waals surface area contributed by atoms with Gasteiger partial charge in [-0.15, -0.1) is 0 Å². The van der Waals surface area contributed by atoms with Gasteiger partial charge in [0.05, 0.1) is 0 Å². The second-order valence-electron chi connectivity index (χ2n) is 3.30. The predicted molar refractivity (Wildman–Crippen MR) is 51.4 cm³/mol. The monoisotopic (exact) mass is 211 g/mol. The highest BCUT2D eigenvalue weighted by Gasteiger charge is 2.37. The summed E-state index contributed by atoms with van der Waals surface area (Å²) in [5, 5.41) is 3.88. The molecule has 14 heavy (non-hydrogen) atoms. The van der Waals surface area contributed by atoms with Crippen LogP contribution in [0.3, 0.4) is 0 Å². The topological polar surface area (TPSA) is 77.2 Å². The van der Waals surface area contributed by atoms with Crippen molar-refractivity contribution in [1.29, 1.82) is 0 Å². The molecule has 4 nitrogen and oxygen atoms in total. The van der Waals surface area contributed by atoms with Crippen LogP contribution in [0.4, 0.5) is 0 Å². The smallest absolute Gasteiger partial charge is 0.219 e. The van der Waals surface area contributed by atoms with E-state index in [1.165, 1.54) is 0 Å². The lowest BCUT2D eigenvalue weighted by atomic mass is 10.1. The molecule has 1 unspecified atom stereocenters. The zero-order valence-electron chi connectivity index (χ0n) is 7.30. The van der Waals surface area contributed by atoms with Crippen molar-refractivity contribution in [3.8, 4) is 0 Å². The third-order valence-corrected chi connectivity index (χ3v) is 3.55. The third-order valence-electron chi connectivity index (χ3n) is 2.38. The Hall–Kier alpha value is -1.20. The van der Waals surface area contributed by atoms with Crippen molar-refractivity contribution in [3.05, 3.63) is 35.4 Å². The van der Waals surface area contributed by atoms with Gasteiger partial charge in [0.15, 0.2) is 5.78 Å². The first-order valence-electron chi connectivity index (χ1n) is 4.14. The number of carbonyl (C=O) groups is 1. The molecule has 5 heteroatoms. The van der Waals surface area contributed by atoms with Crippen LogP contribution in [0.2, 0.25) is 0 Å². The number of nitrogens with two attached hydrogens (primary N) is 1. The van der Waals surface area contributed by atoms with Crippen LogP contribution in [0.1, 0.15) is 15.9 Å². The summed E-state index contributed by atoms with van der Waals surface area (Å²) in [6, 6.07) is 6.86. The average molecular weight is 211 g/mol. The number of primary sulfonamides is 1. The Morgan fingerprint density at radius 2 is 1.93 bits per heavy atom. The first-order valence-corrected chi connectivity index (χ1v) is 5.75. The lowest BCUT2D eigenvalue weighted by Crippen LogP contribution is -2.33. The van der Waals surface area contributed by atoms with Crippen LogP contribution in [-0.4, -0.2) is 19.5 Å². The normalized spacial score (nSPS) is 20.9. The van der Waals surface area contributed by atoms with Crippen molar-refractivity contribution in [1.82, 2.24) is 0 Å². The largest absolute Gasteiger partial charge is 0.293 e. The Morgan fingerprint density at radius 1 is 1.29 bits per heavy atom. The van der Waals surface area contributed by atoms with E-state index in [0.29, 0.717) is 5.56 Å². The molecular weight excluding hydrogens is 202 g/mol. The van der Waals surface area contributed by atoms with Crippen molar-refractivity contribution < 1.29 is 13.2 Å². The number of hydrogen-bond acceptors (Lipinski definition) is 3. The van der Waals surface area contributed by atoms with Crippen LogP contribution < -0.4 is 5.14 Å². The fraction of sp³-hybridized carbons (Fsp3) is 0.222. The summed E-state index contributed by atoms with van der Waals surface area (Å²) in [6.45, 7) is 0. The fourth-order valence-corrected chi connectivity index (χ4v) is 2.51. The number of benzene rings is 1. The molecular formula is C9H9NO3S.